The highest BCUT2D eigenvalue weighted by Gasteiger charge is 2.33. The average Bonchev–Trinajstić information content (AvgIpc) is 2.52. The molecule has 0 N–H and O–H groups in total. The van der Waals surface area contributed by atoms with E-state index in [1.54, 1.807) is 0 Å². The number of hydrogen-bond donors (Lipinski definition) is 0. The van der Waals surface area contributed by atoms with Gasteiger partial charge in [-0.05, 0) is 38.5 Å². The Balaban J connectivity index is 1.84. The predicted molar refractivity (Wildman–Crippen MR) is 84.9 cm³/mol. The number of carbonyl (C=O) groups is 1. The Morgan fingerprint density at radius 2 is 1.86 bits per heavy atom. The lowest BCUT2D eigenvalue weighted by Crippen LogP contribution is -2.47. The van der Waals surface area contributed by atoms with Gasteiger partial charge in [-0.25, -0.2) is 12.7 Å². The van der Waals surface area contributed by atoms with Crippen LogP contribution in [0.1, 0.15) is 32.6 Å². The van der Waals surface area contributed by atoms with Gasteiger partial charge in [-0.3, -0.25) is 4.79 Å². The topological polar surface area (TPSA) is 66.9 Å². The molecule has 0 aromatic heterocycles. The smallest absolute Gasteiger partial charge is 0.225 e. The quantitative estimate of drug-likeness (QED) is 0.751. The predicted octanol–water partition coefficient (Wildman–Crippen LogP) is 0.933. The van der Waals surface area contributed by atoms with Crippen LogP contribution in [0.15, 0.2) is 0 Å². The molecule has 0 aromatic rings. The molecule has 1 amide bonds. The van der Waals surface area contributed by atoms with Crippen LogP contribution >= 0.6 is 0 Å². The third-order valence-corrected chi connectivity index (χ3v) is 5.96. The van der Waals surface area contributed by atoms with Crippen LogP contribution in [-0.2, 0) is 19.6 Å². The minimum atomic E-state index is -3.13. The standard InChI is InChI=1S/C15H28N2O4S/c1-3-21-12-13-5-4-8-16(11-13)15(18)14-6-9-17(10-7-14)22(2,19)20/h13-14H,3-12H2,1-2H3. The van der Waals surface area contributed by atoms with Crippen molar-refractivity contribution in [1.29, 1.82) is 0 Å². The van der Waals surface area contributed by atoms with Crippen LogP contribution in [0.3, 0.4) is 0 Å². The van der Waals surface area contributed by atoms with Crippen molar-refractivity contribution in [2.75, 3.05) is 45.6 Å². The molecule has 2 fully saturated rings. The van der Waals surface area contributed by atoms with Gasteiger partial charge >= 0.3 is 0 Å². The number of amides is 1. The van der Waals surface area contributed by atoms with Gasteiger partial charge in [0.1, 0.15) is 0 Å². The SMILES string of the molecule is CCOCC1CCCN(C(=O)C2CCN(S(C)(=O)=O)CC2)C1. The van der Waals surface area contributed by atoms with Crippen LogP contribution < -0.4 is 0 Å². The summed E-state index contributed by atoms with van der Waals surface area (Å²) in [6, 6.07) is 0. The zero-order valence-electron chi connectivity index (χ0n) is 13.7. The van der Waals surface area contributed by atoms with Crippen LogP contribution in [-0.4, -0.2) is 69.2 Å². The first-order valence-electron chi connectivity index (χ1n) is 8.23. The summed E-state index contributed by atoms with van der Waals surface area (Å²) in [7, 11) is -3.13. The zero-order valence-corrected chi connectivity index (χ0v) is 14.5. The monoisotopic (exact) mass is 332 g/mol. The van der Waals surface area contributed by atoms with Gasteiger partial charge in [0.2, 0.25) is 15.9 Å². The third-order valence-electron chi connectivity index (χ3n) is 4.66. The molecular weight excluding hydrogens is 304 g/mol. The van der Waals surface area contributed by atoms with Crippen molar-refractivity contribution in [2.45, 2.75) is 32.6 Å². The first-order valence-corrected chi connectivity index (χ1v) is 10.1. The highest BCUT2D eigenvalue weighted by Crippen LogP contribution is 2.24. The molecule has 0 aliphatic carbocycles. The fourth-order valence-corrected chi connectivity index (χ4v) is 4.25. The first-order chi connectivity index (χ1) is 10.4. The molecule has 6 nitrogen and oxygen atoms in total. The highest BCUT2D eigenvalue weighted by atomic mass is 32.2. The van der Waals surface area contributed by atoms with Crippen molar-refractivity contribution >= 4 is 15.9 Å². The molecule has 2 aliphatic heterocycles. The molecule has 2 aliphatic rings. The van der Waals surface area contributed by atoms with E-state index in [9.17, 15) is 13.2 Å². The summed E-state index contributed by atoms with van der Waals surface area (Å²) in [6.07, 6.45) is 4.66. The number of carbonyl (C=O) groups excluding carboxylic acids is 1. The minimum Gasteiger partial charge on any atom is -0.381 e. The Labute approximate surface area is 133 Å². The van der Waals surface area contributed by atoms with Gasteiger partial charge in [-0.15, -0.1) is 0 Å². The largest absolute Gasteiger partial charge is 0.381 e. The number of ether oxygens (including phenoxy) is 1. The van der Waals surface area contributed by atoms with E-state index < -0.39 is 10.0 Å². The van der Waals surface area contributed by atoms with Crippen LogP contribution in [0, 0.1) is 11.8 Å². The number of hydrogen-bond acceptors (Lipinski definition) is 4. The van der Waals surface area contributed by atoms with Crippen LogP contribution in [0.2, 0.25) is 0 Å². The molecule has 0 saturated carbocycles. The molecule has 2 heterocycles. The van der Waals surface area contributed by atoms with Crippen molar-refractivity contribution in [3.63, 3.8) is 0 Å². The van der Waals surface area contributed by atoms with Crippen LogP contribution in [0.4, 0.5) is 0 Å². The Kier molecular flexibility index (Phi) is 6.23. The lowest BCUT2D eigenvalue weighted by Gasteiger charge is -2.37. The fourth-order valence-electron chi connectivity index (χ4n) is 3.38. The molecule has 2 saturated heterocycles. The lowest BCUT2D eigenvalue weighted by molar-refractivity contribution is -0.139. The van der Waals surface area contributed by atoms with E-state index in [2.05, 4.69) is 0 Å². The summed E-state index contributed by atoms with van der Waals surface area (Å²) < 4.78 is 30.0. The molecule has 0 bridgehead atoms. The zero-order chi connectivity index (χ0) is 16.2. The number of piperidine rings is 2. The molecule has 0 aromatic carbocycles. The van der Waals surface area contributed by atoms with Crippen LogP contribution in [0.5, 0.6) is 0 Å². The molecule has 0 radical (unpaired) electrons. The highest BCUT2D eigenvalue weighted by molar-refractivity contribution is 7.88. The van der Waals surface area contributed by atoms with Gasteiger partial charge in [-0.2, -0.15) is 0 Å². The van der Waals surface area contributed by atoms with E-state index in [0.717, 1.165) is 32.5 Å². The summed E-state index contributed by atoms with van der Waals surface area (Å²) in [5, 5.41) is 0. The Hall–Kier alpha value is -0.660. The molecule has 128 valence electrons. The Morgan fingerprint density at radius 3 is 2.45 bits per heavy atom. The van der Waals surface area contributed by atoms with Gasteiger partial charge in [0.15, 0.2) is 0 Å². The summed E-state index contributed by atoms with van der Waals surface area (Å²) in [5.41, 5.74) is 0. The van der Waals surface area contributed by atoms with E-state index in [-0.39, 0.29) is 11.8 Å². The molecule has 1 unspecified atom stereocenters. The van der Waals surface area contributed by atoms with E-state index in [4.69, 9.17) is 4.74 Å². The minimum absolute atomic E-state index is 0.0242. The lowest BCUT2D eigenvalue weighted by atomic mass is 9.93. The fraction of sp³-hybridized carbons (Fsp3) is 0.933. The number of rotatable bonds is 5. The maximum absolute atomic E-state index is 12.6. The Morgan fingerprint density at radius 1 is 1.18 bits per heavy atom. The Bertz CT molecular complexity index is 472. The second kappa shape index (κ2) is 7.75. The number of sulfonamides is 1. The maximum atomic E-state index is 12.6. The van der Waals surface area contributed by atoms with Gasteiger partial charge in [0.25, 0.3) is 0 Å². The van der Waals surface area contributed by atoms with E-state index in [1.165, 1.54) is 10.6 Å². The van der Waals surface area contributed by atoms with Crippen molar-refractivity contribution in [3.8, 4) is 0 Å². The van der Waals surface area contributed by atoms with Gasteiger partial charge in [0.05, 0.1) is 12.9 Å². The summed E-state index contributed by atoms with van der Waals surface area (Å²) in [4.78, 5) is 14.6. The van der Waals surface area contributed by atoms with Crippen LogP contribution in [0.25, 0.3) is 0 Å². The molecule has 2 rings (SSSR count). The van der Waals surface area contributed by atoms with Gasteiger partial charge in [-0.1, -0.05) is 0 Å². The second-order valence-electron chi connectivity index (χ2n) is 6.39. The summed E-state index contributed by atoms with van der Waals surface area (Å²) in [5.74, 6) is 0.618. The molecule has 0 spiro atoms. The third kappa shape index (κ3) is 4.67. The molecule has 22 heavy (non-hydrogen) atoms. The molecular formula is C15H28N2O4S. The van der Waals surface area contributed by atoms with Crippen molar-refractivity contribution in [2.24, 2.45) is 11.8 Å². The summed E-state index contributed by atoms with van der Waals surface area (Å²) >= 11 is 0. The maximum Gasteiger partial charge on any atom is 0.225 e. The number of likely N-dealkylation sites (tertiary alicyclic amines) is 1. The molecule has 7 heteroatoms. The van der Waals surface area contributed by atoms with Gasteiger partial charge < -0.3 is 9.64 Å². The molecule has 1 atom stereocenters. The van der Waals surface area contributed by atoms with E-state index in [0.29, 0.717) is 38.5 Å². The van der Waals surface area contributed by atoms with E-state index in [1.807, 2.05) is 11.8 Å². The first kappa shape index (κ1) is 17.7. The van der Waals surface area contributed by atoms with Crippen molar-refractivity contribution in [1.82, 2.24) is 9.21 Å². The van der Waals surface area contributed by atoms with E-state index >= 15 is 0 Å². The second-order valence-corrected chi connectivity index (χ2v) is 8.37. The van der Waals surface area contributed by atoms with Crippen molar-refractivity contribution in [3.05, 3.63) is 0 Å². The number of nitrogens with zero attached hydrogens (tertiary/aromatic N) is 2. The normalized spacial score (nSPS) is 25.4. The summed E-state index contributed by atoms with van der Waals surface area (Å²) in [6.45, 7) is 5.97. The van der Waals surface area contributed by atoms with Crippen molar-refractivity contribution < 1.29 is 17.9 Å². The van der Waals surface area contributed by atoms with Gasteiger partial charge in [0, 0.05) is 38.7 Å². The average molecular weight is 332 g/mol.